The van der Waals surface area contributed by atoms with Crippen molar-refractivity contribution in [3.8, 4) is 0 Å². The van der Waals surface area contributed by atoms with Crippen LogP contribution in [0.15, 0.2) is 48.5 Å². The lowest BCUT2D eigenvalue weighted by atomic mass is 10.0. The van der Waals surface area contributed by atoms with Crippen LogP contribution in [0.4, 0.5) is 0 Å². The van der Waals surface area contributed by atoms with Crippen LogP contribution in [0, 0.1) is 6.92 Å². The smallest absolute Gasteiger partial charge is 0.227 e. The van der Waals surface area contributed by atoms with E-state index >= 15 is 0 Å². The number of aryl methyl sites for hydroxylation is 1. The molecule has 0 radical (unpaired) electrons. The highest BCUT2D eigenvalue weighted by Gasteiger charge is 2.28. The van der Waals surface area contributed by atoms with Crippen LogP contribution in [-0.2, 0) is 25.4 Å². The zero-order valence-corrected chi connectivity index (χ0v) is 23.2. The zero-order valence-electron chi connectivity index (χ0n) is 22.5. The van der Waals surface area contributed by atoms with E-state index in [9.17, 15) is 4.79 Å². The Bertz CT molecular complexity index is 946. The molecule has 204 valence electrons. The van der Waals surface area contributed by atoms with Crippen molar-refractivity contribution in [1.29, 1.82) is 0 Å². The second kappa shape index (κ2) is 16.1. The number of amides is 1. The van der Waals surface area contributed by atoms with Gasteiger partial charge in [-0.3, -0.25) is 9.69 Å². The van der Waals surface area contributed by atoms with Crippen molar-refractivity contribution in [3.05, 3.63) is 70.2 Å². The Morgan fingerprint density at radius 3 is 2.57 bits per heavy atom. The number of rotatable bonds is 16. The standard InChI is InChI=1S/C29H42ClN3O4/c1-23-9-10-24(19-27(23)30)20-29(34)32(2)28(25-7-5-4-6-8-25)22-33-13-11-26(21-33)31-12-14-36-17-18-37-16-15-35-3/h4-10,19,26,28,31H,11-18,20-22H2,1-3H3/t26-,28?/m0/s1. The van der Waals surface area contributed by atoms with Crippen molar-refractivity contribution < 1.29 is 19.0 Å². The maximum atomic E-state index is 13.3. The summed E-state index contributed by atoms with van der Waals surface area (Å²) in [5.41, 5.74) is 3.11. The fraction of sp³-hybridized carbons (Fsp3) is 0.552. The second-order valence-corrected chi connectivity index (χ2v) is 10.0. The van der Waals surface area contributed by atoms with Gasteiger partial charge in [0.25, 0.3) is 0 Å². The molecule has 1 saturated heterocycles. The number of likely N-dealkylation sites (N-methyl/N-ethyl adjacent to an activating group) is 1. The van der Waals surface area contributed by atoms with Crippen molar-refractivity contribution >= 4 is 17.5 Å². The number of nitrogens with zero attached hydrogens (tertiary/aromatic N) is 2. The number of likely N-dealkylation sites (tertiary alicyclic amines) is 1. The summed E-state index contributed by atoms with van der Waals surface area (Å²) in [5.74, 6) is 0.0889. The third kappa shape index (κ3) is 10.0. The van der Waals surface area contributed by atoms with Gasteiger partial charge in [-0.15, -0.1) is 0 Å². The molecular formula is C29H42ClN3O4. The first kappa shape index (κ1) is 29.6. The summed E-state index contributed by atoms with van der Waals surface area (Å²) in [4.78, 5) is 17.6. The second-order valence-electron chi connectivity index (χ2n) is 9.61. The van der Waals surface area contributed by atoms with E-state index < -0.39 is 0 Å². The van der Waals surface area contributed by atoms with Crippen LogP contribution in [0.1, 0.15) is 29.2 Å². The Kier molecular flexibility index (Phi) is 12.8. The molecule has 3 rings (SSSR count). The minimum Gasteiger partial charge on any atom is -0.382 e. The van der Waals surface area contributed by atoms with Gasteiger partial charge in [-0.1, -0.05) is 54.1 Å². The van der Waals surface area contributed by atoms with Gasteiger partial charge in [0.05, 0.1) is 45.5 Å². The first-order chi connectivity index (χ1) is 18.0. The first-order valence-electron chi connectivity index (χ1n) is 13.1. The zero-order chi connectivity index (χ0) is 26.5. The maximum absolute atomic E-state index is 13.3. The molecule has 1 amide bonds. The Morgan fingerprint density at radius 1 is 1.11 bits per heavy atom. The summed E-state index contributed by atoms with van der Waals surface area (Å²) in [5, 5.41) is 4.31. The van der Waals surface area contributed by atoms with Crippen LogP contribution in [0.3, 0.4) is 0 Å². The Hall–Kier alpha value is -2.00. The van der Waals surface area contributed by atoms with Crippen LogP contribution in [0.25, 0.3) is 0 Å². The van der Waals surface area contributed by atoms with E-state index in [1.54, 1.807) is 7.11 Å². The average molecular weight is 532 g/mol. The van der Waals surface area contributed by atoms with Crippen molar-refractivity contribution in [3.63, 3.8) is 0 Å². The lowest BCUT2D eigenvalue weighted by Crippen LogP contribution is -2.41. The number of benzene rings is 2. The molecule has 0 aromatic heterocycles. The average Bonchev–Trinajstić information content (AvgIpc) is 3.36. The van der Waals surface area contributed by atoms with Crippen LogP contribution in [0.2, 0.25) is 5.02 Å². The van der Waals surface area contributed by atoms with Crippen LogP contribution in [0.5, 0.6) is 0 Å². The summed E-state index contributed by atoms with van der Waals surface area (Å²) in [6.07, 6.45) is 1.42. The lowest BCUT2D eigenvalue weighted by Gasteiger charge is -2.32. The van der Waals surface area contributed by atoms with Gasteiger partial charge in [0.1, 0.15) is 0 Å². The fourth-order valence-corrected chi connectivity index (χ4v) is 4.76. The molecule has 1 unspecified atom stereocenters. The summed E-state index contributed by atoms with van der Waals surface area (Å²) in [6.45, 7) is 8.60. The number of ether oxygens (including phenoxy) is 3. The highest BCUT2D eigenvalue weighted by Crippen LogP contribution is 2.24. The minimum atomic E-state index is -0.0187. The number of methoxy groups -OCH3 is 1. The SMILES string of the molecule is COCCOCCOCCN[C@H]1CCN(CC(c2ccccc2)N(C)C(=O)Cc2ccc(C)c(Cl)c2)C1. The molecular weight excluding hydrogens is 490 g/mol. The number of hydrogen-bond donors (Lipinski definition) is 1. The molecule has 0 saturated carbocycles. The van der Waals surface area contributed by atoms with E-state index in [0.717, 1.165) is 49.3 Å². The quantitative estimate of drug-likeness (QED) is 0.333. The van der Waals surface area contributed by atoms with Gasteiger partial charge in [-0.25, -0.2) is 0 Å². The largest absolute Gasteiger partial charge is 0.382 e. The molecule has 37 heavy (non-hydrogen) atoms. The summed E-state index contributed by atoms with van der Waals surface area (Å²) < 4.78 is 16.0. The van der Waals surface area contributed by atoms with Crippen LogP contribution >= 0.6 is 11.6 Å². The molecule has 1 aliphatic heterocycles. The Morgan fingerprint density at radius 2 is 1.84 bits per heavy atom. The monoisotopic (exact) mass is 531 g/mol. The summed E-state index contributed by atoms with van der Waals surface area (Å²) in [6, 6.07) is 16.6. The molecule has 0 aliphatic carbocycles. The van der Waals surface area contributed by atoms with Crippen LogP contribution < -0.4 is 5.32 Å². The number of nitrogens with one attached hydrogen (secondary N) is 1. The van der Waals surface area contributed by atoms with E-state index in [-0.39, 0.29) is 11.9 Å². The molecule has 1 aliphatic rings. The Balaban J connectivity index is 1.47. The summed E-state index contributed by atoms with van der Waals surface area (Å²) in [7, 11) is 3.58. The third-order valence-corrected chi connectivity index (χ3v) is 7.23. The van der Waals surface area contributed by atoms with Gasteiger partial charge in [0, 0.05) is 44.9 Å². The molecule has 2 atom stereocenters. The van der Waals surface area contributed by atoms with Crippen molar-refractivity contribution in [2.24, 2.45) is 0 Å². The van der Waals surface area contributed by atoms with Crippen molar-refractivity contribution in [2.75, 3.05) is 73.4 Å². The third-order valence-electron chi connectivity index (χ3n) is 6.82. The van der Waals surface area contributed by atoms with Crippen molar-refractivity contribution in [1.82, 2.24) is 15.1 Å². The van der Waals surface area contributed by atoms with Crippen molar-refractivity contribution in [2.45, 2.75) is 31.8 Å². The highest BCUT2D eigenvalue weighted by molar-refractivity contribution is 6.31. The highest BCUT2D eigenvalue weighted by atomic mass is 35.5. The predicted octanol–water partition coefficient (Wildman–Crippen LogP) is 3.73. The topological polar surface area (TPSA) is 63.3 Å². The van der Waals surface area contributed by atoms with Gasteiger partial charge in [-0.05, 0) is 42.6 Å². The van der Waals surface area contributed by atoms with E-state index in [1.165, 1.54) is 0 Å². The van der Waals surface area contributed by atoms with E-state index in [0.29, 0.717) is 50.5 Å². The van der Waals surface area contributed by atoms with Crippen LogP contribution in [-0.4, -0.2) is 95.1 Å². The molecule has 2 aromatic rings. The normalized spacial score (nSPS) is 16.7. The first-order valence-corrected chi connectivity index (χ1v) is 13.5. The number of carbonyl (C=O) groups excluding carboxylic acids is 1. The molecule has 2 aromatic carbocycles. The van der Waals surface area contributed by atoms with Gasteiger partial charge in [0.15, 0.2) is 0 Å². The van der Waals surface area contributed by atoms with E-state index in [2.05, 4.69) is 22.3 Å². The molecule has 7 nitrogen and oxygen atoms in total. The molecule has 0 spiro atoms. The fourth-order valence-electron chi connectivity index (χ4n) is 4.56. The lowest BCUT2D eigenvalue weighted by molar-refractivity contribution is -0.131. The minimum absolute atomic E-state index is 0.0187. The maximum Gasteiger partial charge on any atom is 0.227 e. The van der Waals surface area contributed by atoms with Gasteiger partial charge < -0.3 is 24.4 Å². The van der Waals surface area contributed by atoms with Gasteiger partial charge in [0.2, 0.25) is 5.91 Å². The summed E-state index contributed by atoms with van der Waals surface area (Å²) >= 11 is 6.29. The molecule has 1 N–H and O–H groups in total. The Labute approximate surface area is 227 Å². The van der Waals surface area contributed by atoms with E-state index in [1.807, 2.05) is 55.3 Å². The molecule has 1 heterocycles. The molecule has 1 fully saturated rings. The molecule has 8 heteroatoms. The number of hydrogen-bond acceptors (Lipinski definition) is 6. The van der Waals surface area contributed by atoms with E-state index in [4.69, 9.17) is 25.8 Å². The predicted molar refractivity (Wildman–Crippen MR) is 148 cm³/mol. The van der Waals surface area contributed by atoms with Gasteiger partial charge >= 0.3 is 0 Å². The molecule has 0 bridgehead atoms. The van der Waals surface area contributed by atoms with Gasteiger partial charge in [-0.2, -0.15) is 0 Å². The number of carbonyl (C=O) groups is 1. The number of halogens is 1.